The molecule has 0 saturated carbocycles. The van der Waals surface area contributed by atoms with Crippen molar-refractivity contribution in [3.63, 3.8) is 0 Å². The maximum absolute atomic E-state index is 12.6. The lowest BCUT2D eigenvalue weighted by atomic mass is 10.1. The highest BCUT2D eigenvalue weighted by Crippen LogP contribution is 2.33. The van der Waals surface area contributed by atoms with Gasteiger partial charge in [0.15, 0.2) is 0 Å². The van der Waals surface area contributed by atoms with Crippen LogP contribution in [0.25, 0.3) is 10.4 Å². The normalized spacial score (nSPS) is 11.5. The summed E-state index contributed by atoms with van der Waals surface area (Å²) in [5.41, 5.74) is 4.94. The van der Waals surface area contributed by atoms with Crippen molar-refractivity contribution in [2.24, 2.45) is 0 Å². The maximum atomic E-state index is 12.6. The minimum absolute atomic E-state index is 0.286. The SMILES string of the molecule is CN(C)c1ccc(-c2ccc(C(=O)OC(C)(C)C)s2)cc1CN(Cc1ccccn1)Cc1ccccn1. The highest BCUT2D eigenvalue weighted by molar-refractivity contribution is 7.17. The predicted molar refractivity (Wildman–Crippen MR) is 151 cm³/mol. The highest BCUT2D eigenvalue weighted by atomic mass is 32.1. The molecule has 6 nitrogen and oxygen atoms in total. The zero-order valence-corrected chi connectivity index (χ0v) is 23.0. The second-order valence-electron chi connectivity index (χ2n) is 10.2. The molecular formula is C30H34N4O2S. The fraction of sp³-hybridized carbons (Fsp3) is 0.300. The molecule has 0 spiro atoms. The molecule has 0 aliphatic rings. The van der Waals surface area contributed by atoms with Gasteiger partial charge in [0, 0.05) is 56.7 Å². The van der Waals surface area contributed by atoms with Gasteiger partial charge < -0.3 is 9.64 Å². The van der Waals surface area contributed by atoms with E-state index in [9.17, 15) is 4.79 Å². The number of thiophene rings is 1. The van der Waals surface area contributed by atoms with E-state index in [-0.39, 0.29) is 5.97 Å². The van der Waals surface area contributed by atoms with Gasteiger partial charge in [0.25, 0.3) is 0 Å². The molecular weight excluding hydrogens is 480 g/mol. The summed E-state index contributed by atoms with van der Waals surface area (Å²) in [5, 5.41) is 0. The van der Waals surface area contributed by atoms with E-state index in [1.807, 2.05) is 69.6 Å². The van der Waals surface area contributed by atoms with Gasteiger partial charge in [0.05, 0.1) is 11.4 Å². The van der Waals surface area contributed by atoms with E-state index in [2.05, 4.69) is 64.2 Å². The Hall–Kier alpha value is -3.55. The number of ether oxygens (including phenoxy) is 1. The number of esters is 1. The van der Waals surface area contributed by atoms with Crippen molar-refractivity contribution in [1.82, 2.24) is 14.9 Å². The van der Waals surface area contributed by atoms with Crippen LogP contribution in [0.4, 0.5) is 5.69 Å². The average molecular weight is 515 g/mol. The summed E-state index contributed by atoms with van der Waals surface area (Å²) < 4.78 is 5.56. The van der Waals surface area contributed by atoms with Gasteiger partial charge in [-0.15, -0.1) is 11.3 Å². The first-order chi connectivity index (χ1) is 17.7. The van der Waals surface area contributed by atoms with E-state index in [1.54, 1.807) is 0 Å². The summed E-state index contributed by atoms with van der Waals surface area (Å²) in [6.07, 6.45) is 3.67. The Kier molecular flexibility index (Phi) is 8.36. The third kappa shape index (κ3) is 7.47. The van der Waals surface area contributed by atoms with Crippen LogP contribution in [-0.2, 0) is 24.4 Å². The van der Waals surface area contributed by atoms with Crippen molar-refractivity contribution >= 4 is 23.0 Å². The fourth-order valence-corrected chi connectivity index (χ4v) is 4.96. The number of pyridine rings is 2. The second-order valence-corrected chi connectivity index (χ2v) is 11.3. The van der Waals surface area contributed by atoms with Crippen LogP contribution in [0.5, 0.6) is 0 Å². The topological polar surface area (TPSA) is 58.6 Å². The molecule has 1 aromatic carbocycles. The van der Waals surface area contributed by atoms with E-state index in [0.29, 0.717) is 18.0 Å². The average Bonchev–Trinajstić information content (AvgIpc) is 3.35. The smallest absolute Gasteiger partial charge is 0.348 e. The van der Waals surface area contributed by atoms with Gasteiger partial charge in [-0.05, 0) is 80.4 Å². The Morgan fingerprint density at radius 2 is 1.51 bits per heavy atom. The van der Waals surface area contributed by atoms with Gasteiger partial charge >= 0.3 is 5.97 Å². The first kappa shape index (κ1) is 26.5. The maximum Gasteiger partial charge on any atom is 0.348 e. The zero-order chi connectivity index (χ0) is 26.4. The molecule has 0 amide bonds. The zero-order valence-electron chi connectivity index (χ0n) is 22.1. The molecule has 0 bridgehead atoms. The Morgan fingerprint density at radius 1 is 0.865 bits per heavy atom. The molecule has 3 heterocycles. The van der Waals surface area contributed by atoms with Crippen molar-refractivity contribution in [2.75, 3.05) is 19.0 Å². The van der Waals surface area contributed by atoms with Crippen molar-refractivity contribution in [3.05, 3.63) is 101 Å². The lowest BCUT2D eigenvalue weighted by molar-refractivity contribution is 0.00752. The van der Waals surface area contributed by atoms with Crippen LogP contribution in [0.3, 0.4) is 0 Å². The standard InChI is InChI=1S/C30H34N4O2S/c1-30(2,3)36-29(35)28-15-14-27(37-28)22-12-13-26(33(4)5)23(18-22)19-34(20-24-10-6-8-16-31-24)21-25-11-7-9-17-32-25/h6-18H,19-21H2,1-5H3. The van der Waals surface area contributed by atoms with E-state index in [1.165, 1.54) is 16.9 Å². The molecule has 4 rings (SSSR count). The van der Waals surface area contributed by atoms with Gasteiger partial charge in [-0.25, -0.2) is 4.79 Å². The quantitative estimate of drug-likeness (QED) is 0.240. The second kappa shape index (κ2) is 11.7. The molecule has 0 aliphatic carbocycles. The van der Waals surface area contributed by atoms with E-state index >= 15 is 0 Å². The number of carbonyl (C=O) groups excluding carboxylic acids is 1. The number of nitrogens with zero attached hydrogens (tertiary/aromatic N) is 4. The molecule has 3 aromatic heterocycles. The molecule has 0 saturated heterocycles. The van der Waals surface area contributed by atoms with E-state index in [4.69, 9.17) is 4.74 Å². The molecule has 192 valence electrons. The van der Waals surface area contributed by atoms with Crippen molar-refractivity contribution in [2.45, 2.75) is 46.0 Å². The van der Waals surface area contributed by atoms with Gasteiger partial charge in [-0.2, -0.15) is 0 Å². The number of carbonyl (C=O) groups is 1. The first-order valence-corrected chi connectivity index (χ1v) is 13.2. The number of hydrogen-bond donors (Lipinski definition) is 0. The molecule has 0 fully saturated rings. The number of rotatable bonds is 9. The summed E-state index contributed by atoms with van der Waals surface area (Å²) in [4.78, 5) is 27.8. The summed E-state index contributed by atoms with van der Waals surface area (Å²) in [6.45, 7) is 7.78. The minimum Gasteiger partial charge on any atom is -0.456 e. The molecule has 0 N–H and O–H groups in total. The summed E-state index contributed by atoms with van der Waals surface area (Å²) in [6, 6.07) is 22.4. The van der Waals surface area contributed by atoms with Gasteiger partial charge in [-0.3, -0.25) is 14.9 Å². The summed E-state index contributed by atoms with van der Waals surface area (Å²) >= 11 is 1.46. The summed E-state index contributed by atoms with van der Waals surface area (Å²) in [5.74, 6) is -0.286. The third-order valence-electron chi connectivity index (χ3n) is 5.67. The number of benzene rings is 1. The third-order valence-corrected chi connectivity index (χ3v) is 6.78. The van der Waals surface area contributed by atoms with Crippen LogP contribution in [0.1, 0.15) is 47.4 Å². The fourth-order valence-electron chi connectivity index (χ4n) is 4.08. The molecule has 0 atom stereocenters. The lowest BCUT2D eigenvalue weighted by Gasteiger charge is -2.25. The van der Waals surface area contributed by atoms with Crippen molar-refractivity contribution in [1.29, 1.82) is 0 Å². The molecule has 4 aromatic rings. The molecule has 37 heavy (non-hydrogen) atoms. The predicted octanol–water partition coefficient (Wildman–Crippen LogP) is 6.43. The summed E-state index contributed by atoms with van der Waals surface area (Å²) in [7, 11) is 4.12. The molecule has 0 aliphatic heterocycles. The molecule has 0 radical (unpaired) electrons. The highest BCUT2D eigenvalue weighted by Gasteiger charge is 2.20. The van der Waals surface area contributed by atoms with Crippen molar-refractivity contribution < 1.29 is 9.53 Å². The van der Waals surface area contributed by atoms with Crippen LogP contribution >= 0.6 is 11.3 Å². The van der Waals surface area contributed by atoms with Crippen LogP contribution in [-0.4, -0.2) is 40.5 Å². The van der Waals surface area contributed by atoms with Crippen LogP contribution in [0.2, 0.25) is 0 Å². The molecule has 7 heteroatoms. The van der Waals surface area contributed by atoms with Crippen LogP contribution in [0, 0.1) is 0 Å². The van der Waals surface area contributed by atoms with Crippen molar-refractivity contribution in [3.8, 4) is 10.4 Å². The molecule has 0 unspecified atom stereocenters. The minimum atomic E-state index is -0.521. The lowest BCUT2D eigenvalue weighted by Crippen LogP contribution is -2.25. The Bertz CT molecular complexity index is 1270. The van der Waals surface area contributed by atoms with Gasteiger partial charge in [0.2, 0.25) is 0 Å². The largest absolute Gasteiger partial charge is 0.456 e. The van der Waals surface area contributed by atoms with Crippen LogP contribution < -0.4 is 4.90 Å². The first-order valence-electron chi connectivity index (χ1n) is 12.3. The number of hydrogen-bond acceptors (Lipinski definition) is 7. The Balaban J connectivity index is 1.63. The monoisotopic (exact) mass is 514 g/mol. The van der Waals surface area contributed by atoms with Gasteiger partial charge in [-0.1, -0.05) is 18.2 Å². The van der Waals surface area contributed by atoms with Gasteiger partial charge in [0.1, 0.15) is 10.5 Å². The van der Waals surface area contributed by atoms with E-state index in [0.717, 1.165) is 34.1 Å². The van der Waals surface area contributed by atoms with E-state index < -0.39 is 5.60 Å². The Morgan fingerprint density at radius 3 is 2.05 bits per heavy atom. The number of aromatic nitrogens is 2. The van der Waals surface area contributed by atoms with Crippen LogP contribution in [0.15, 0.2) is 79.1 Å². The Labute approximate surface area is 223 Å². The number of anilines is 1.